The Hall–Kier alpha value is -2.70. The minimum atomic E-state index is -4.41. The van der Waals surface area contributed by atoms with E-state index in [0.29, 0.717) is 5.82 Å². The van der Waals surface area contributed by atoms with E-state index < -0.39 is 11.7 Å². The molecule has 1 heterocycles. The molecule has 112 valence electrons. The summed E-state index contributed by atoms with van der Waals surface area (Å²) < 4.78 is 39.8. The molecule has 0 N–H and O–H groups in total. The fourth-order valence-electron chi connectivity index (χ4n) is 2.14. The summed E-state index contributed by atoms with van der Waals surface area (Å²) in [6, 6.07) is 12.3. The van der Waals surface area contributed by atoms with E-state index in [4.69, 9.17) is 0 Å². The minimum Gasteiger partial charge on any atom is -0.193 e. The van der Waals surface area contributed by atoms with Gasteiger partial charge in [-0.15, -0.1) is 5.10 Å². The van der Waals surface area contributed by atoms with Crippen LogP contribution >= 0.6 is 0 Å². The monoisotopic (exact) mass is 304 g/mol. The van der Waals surface area contributed by atoms with Crippen LogP contribution in [0.1, 0.15) is 11.1 Å². The van der Waals surface area contributed by atoms with Crippen molar-refractivity contribution < 1.29 is 13.2 Å². The Morgan fingerprint density at radius 2 is 1.77 bits per heavy atom. The highest BCUT2D eigenvalue weighted by Crippen LogP contribution is 2.31. The molecule has 0 radical (unpaired) electrons. The summed E-state index contributed by atoms with van der Waals surface area (Å²) in [7, 11) is 0. The van der Waals surface area contributed by atoms with E-state index in [1.807, 2.05) is 31.2 Å². The first-order valence-corrected chi connectivity index (χ1v) is 6.48. The van der Waals surface area contributed by atoms with Crippen molar-refractivity contribution in [3.63, 3.8) is 0 Å². The van der Waals surface area contributed by atoms with Gasteiger partial charge in [-0.1, -0.05) is 29.8 Å². The van der Waals surface area contributed by atoms with Gasteiger partial charge in [0.2, 0.25) is 0 Å². The smallest absolute Gasteiger partial charge is 0.193 e. The summed E-state index contributed by atoms with van der Waals surface area (Å²) >= 11 is 0. The van der Waals surface area contributed by atoms with Crippen molar-refractivity contribution in [2.24, 2.45) is 0 Å². The van der Waals surface area contributed by atoms with Crippen molar-refractivity contribution >= 4 is 0 Å². The lowest BCUT2D eigenvalue weighted by atomic mass is 10.1. The standard InChI is InChI=1S/C15H11F3N4/c1-10-4-2-5-11(8-10)14-19-20-21-22(14)13-7-3-6-12(9-13)15(16,17)18/h2-9H,1H3. The summed E-state index contributed by atoms with van der Waals surface area (Å²) in [4.78, 5) is 0. The van der Waals surface area contributed by atoms with Crippen LogP contribution in [0, 0.1) is 6.92 Å². The molecule has 0 aliphatic rings. The van der Waals surface area contributed by atoms with Crippen LogP contribution in [0.3, 0.4) is 0 Å². The molecule has 3 rings (SSSR count). The number of hydrogen-bond acceptors (Lipinski definition) is 3. The lowest BCUT2D eigenvalue weighted by Crippen LogP contribution is -2.07. The molecule has 7 heteroatoms. The average Bonchev–Trinajstić information content (AvgIpc) is 2.96. The molecule has 2 aromatic carbocycles. The predicted octanol–water partition coefficient (Wildman–Crippen LogP) is 3.66. The third kappa shape index (κ3) is 2.69. The van der Waals surface area contributed by atoms with Crippen LogP contribution in [-0.2, 0) is 6.18 Å². The van der Waals surface area contributed by atoms with Gasteiger partial charge in [-0.05, 0) is 41.6 Å². The topological polar surface area (TPSA) is 43.6 Å². The summed E-state index contributed by atoms with van der Waals surface area (Å²) in [5, 5.41) is 11.3. The Bertz CT molecular complexity index is 808. The number of hydrogen-bond donors (Lipinski definition) is 0. The Morgan fingerprint density at radius 3 is 2.50 bits per heavy atom. The van der Waals surface area contributed by atoms with E-state index in [2.05, 4.69) is 15.5 Å². The van der Waals surface area contributed by atoms with Gasteiger partial charge in [-0.25, -0.2) is 0 Å². The summed E-state index contributed by atoms with van der Waals surface area (Å²) in [5.41, 5.74) is 1.27. The molecule has 0 aliphatic heterocycles. The van der Waals surface area contributed by atoms with Crippen LogP contribution in [0.4, 0.5) is 13.2 Å². The molecular weight excluding hydrogens is 293 g/mol. The number of nitrogens with zero attached hydrogens (tertiary/aromatic N) is 4. The second-order valence-electron chi connectivity index (χ2n) is 4.83. The predicted molar refractivity (Wildman–Crippen MR) is 74.3 cm³/mol. The van der Waals surface area contributed by atoms with E-state index in [1.54, 1.807) is 0 Å². The van der Waals surface area contributed by atoms with Gasteiger partial charge in [-0.2, -0.15) is 17.9 Å². The number of rotatable bonds is 2. The van der Waals surface area contributed by atoms with Crippen molar-refractivity contribution in [3.05, 3.63) is 59.7 Å². The lowest BCUT2D eigenvalue weighted by Gasteiger charge is -2.09. The van der Waals surface area contributed by atoms with Crippen LogP contribution in [0.2, 0.25) is 0 Å². The molecule has 1 aromatic heterocycles. The molecule has 3 aromatic rings. The van der Waals surface area contributed by atoms with Crippen LogP contribution in [0.25, 0.3) is 17.1 Å². The van der Waals surface area contributed by atoms with E-state index in [9.17, 15) is 13.2 Å². The van der Waals surface area contributed by atoms with E-state index in [-0.39, 0.29) is 5.69 Å². The highest BCUT2D eigenvalue weighted by Gasteiger charge is 2.30. The van der Waals surface area contributed by atoms with Crippen LogP contribution in [0.15, 0.2) is 48.5 Å². The molecule has 0 spiro atoms. The number of tetrazole rings is 1. The molecule has 0 atom stereocenters. The molecule has 0 amide bonds. The maximum atomic E-state index is 12.8. The second-order valence-corrected chi connectivity index (χ2v) is 4.83. The van der Waals surface area contributed by atoms with Crippen molar-refractivity contribution in [3.8, 4) is 17.1 Å². The molecule has 0 bridgehead atoms. The summed E-state index contributed by atoms with van der Waals surface area (Å²) in [6.45, 7) is 1.92. The lowest BCUT2D eigenvalue weighted by molar-refractivity contribution is -0.137. The Morgan fingerprint density at radius 1 is 1.00 bits per heavy atom. The Labute approximate surface area is 124 Å². The van der Waals surface area contributed by atoms with Crippen molar-refractivity contribution in [2.75, 3.05) is 0 Å². The third-order valence-corrected chi connectivity index (χ3v) is 3.16. The zero-order chi connectivity index (χ0) is 15.7. The van der Waals surface area contributed by atoms with Crippen LogP contribution < -0.4 is 0 Å². The molecule has 0 unspecified atom stereocenters. The van der Waals surface area contributed by atoms with Gasteiger partial charge in [0.05, 0.1) is 11.3 Å². The molecule has 0 fully saturated rings. The fourth-order valence-corrected chi connectivity index (χ4v) is 2.14. The molecule has 0 saturated carbocycles. The SMILES string of the molecule is Cc1cccc(-c2nnnn2-c2cccc(C(F)(F)F)c2)c1. The normalized spacial score (nSPS) is 11.6. The summed E-state index contributed by atoms with van der Waals surface area (Å²) in [6.07, 6.45) is -4.41. The fraction of sp³-hybridized carbons (Fsp3) is 0.133. The van der Waals surface area contributed by atoms with Gasteiger partial charge in [0, 0.05) is 5.56 Å². The maximum absolute atomic E-state index is 12.8. The van der Waals surface area contributed by atoms with Crippen LogP contribution in [0.5, 0.6) is 0 Å². The van der Waals surface area contributed by atoms with Crippen molar-refractivity contribution in [1.82, 2.24) is 20.2 Å². The zero-order valence-corrected chi connectivity index (χ0v) is 11.5. The van der Waals surface area contributed by atoms with Gasteiger partial charge in [-0.3, -0.25) is 0 Å². The van der Waals surface area contributed by atoms with Gasteiger partial charge in [0.25, 0.3) is 0 Å². The zero-order valence-electron chi connectivity index (χ0n) is 11.5. The largest absolute Gasteiger partial charge is 0.416 e. The average molecular weight is 304 g/mol. The summed E-state index contributed by atoms with van der Waals surface area (Å²) in [5.74, 6) is 0.392. The molecule has 0 aliphatic carbocycles. The molecule has 22 heavy (non-hydrogen) atoms. The highest BCUT2D eigenvalue weighted by atomic mass is 19.4. The number of benzene rings is 2. The number of alkyl halides is 3. The molecular formula is C15H11F3N4. The van der Waals surface area contributed by atoms with Gasteiger partial charge < -0.3 is 0 Å². The van der Waals surface area contributed by atoms with E-state index in [0.717, 1.165) is 23.3 Å². The maximum Gasteiger partial charge on any atom is 0.416 e. The Balaban J connectivity index is 2.10. The third-order valence-electron chi connectivity index (χ3n) is 3.16. The number of aryl methyl sites for hydroxylation is 1. The Kier molecular flexibility index (Phi) is 3.40. The number of halogens is 3. The van der Waals surface area contributed by atoms with Gasteiger partial charge in [0.1, 0.15) is 0 Å². The quantitative estimate of drug-likeness (QED) is 0.725. The second kappa shape index (κ2) is 5.25. The van der Waals surface area contributed by atoms with Crippen LogP contribution in [-0.4, -0.2) is 20.2 Å². The minimum absolute atomic E-state index is 0.260. The molecule has 4 nitrogen and oxygen atoms in total. The highest BCUT2D eigenvalue weighted by molar-refractivity contribution is 5.58. The van der Waals surface area contributed by atoms with Gasteiger partial charge >= 0.3 is 6.18 Å². The van der Waals surface area contributed by atoms with E-state index >= 15 is 0 Å². The number of aromatic nitrogens is 4. The van der Waals surface area contributed by atoms with Crippen molar-refractivity contribution in [1.29, 1.82) is 0 Å². The first kappa shape index (κ1) is 14.2. The molecule has 0 saturated heterocycles. The van der Waals surface area contributed by atoms with Gasteiger partial charge in [0.15, 0.2) is 5.82 Å². The van der Waals surface area contributed by atoms with E-state index in [1.165, 1.54) is 16.8 Å². The first-order valence-electron chi connectivity index (χ1n) is 6.48. The van der Waals surface area contributed by atoms with Crippen molar-refractivity contribution in [2.45, 2.75) is 13.1 Å². The first-order chi connectivity index (χ1) is 10.4.